The second-order valence-corrected chi connectivity index (χ2v) is 5.03. The zero-order valence-corrected chi connectivity index (χ0v) is 11.7. The maximum absolute atomic E-state index is 13.4. The van der Waals surface area contributed by atoms with Gasteiger partial charge in [0.25, 0.3) is 5.91 Å². The number of rotatable bonds is 1. The molecule has 1 aromatic carbocycles. The zero-order valence-electron chi connectivity index (χ0n) is 11.7. The van der Waals surface area contributed by atoms with Crippen molar-refractivity contribution < 1.29 is 14.0 Å². The third kappa shape index (κ3) is 2.11. The lowest BCUT2D eigenvalue weighted by Gasteiger charge is -2.29. The van der Waals surface area contributed by atoms with Gasteiger partial charge in [0.1, 0.15) is 18.1 Å². The number of halogens is 1. The highest BCUT2D eigenvalue weighted by atomic mass is 19.1. The molecule has 0 radical (unpaired) electrons. The number of hydrogen-bond acceptors (Lipinski definition) is 4. The SMILES string of the molecule is O=C1CN(C(=O)c2ccnc3ccnn23)c2ccc(F)cc2N1. The van der Waals surface area contributed by atoms with E-state index in [0.29, 0.717) is 11.3 Å². The monoisotopic (exact) mass is 311 g/mol. The predicted molar refractivity (Wildman–Crippen MR) is 79.7 cm³/mol. The molecule has 0 saturated heterocycles. The second kappa shape index (κ2) is 4.87. The van der Waals surface area contributed by atoms with Gasteiger partial charge in [-0.05, 0) is 24.3 Å². The highest BCUT2D eigenvalue weighted by Crippen LogP contribution is 2.31. The quantitative estimate of drug-likeness (QED) is 0.738. The fraction of sp³-hybridized carbons (Fsp3) is 0.0667. The van der Waals surface area contributed by atoms with E-state index in [2.05, 4.69) is 15.4 Å². The highest BCUT2D eigenvalue weighted by molar-refractivity contribution is 6.14. The third-order valence-electron chi connectivity index (χ3n) is 3.58. The van der Waals surface area contributed by atoms with Gasteiger partial charge in [0.2, 0.25) is 5.91 Å². The Bertz CT molecular complexity index is 952. The molecule has 0 saturated carbocycles. The van der Waals surface area contributed by atoms with Gasteiger partial charge >= 0.3 is 0 Å². The number of carbonyl (C=O) groups excluding carboxylic acids is 2. The summed E-state index contributed by atoms with van der Waals surface area (Å²) in [5.41, 5.74) is 1.50. The second-order valence-electron chi connectivity index (χ2n) is 5.03. The first kappa shape index (κ1) is 13.4. The minimum absolute atomic E-state index is 0.150. The van der Waals surface area contributed by atoms with Crippen molar-refractivity contribution in [1.29, 1.82) is 0 Å². The Hall–Kier alpha value is -3.29. The van der Waals surface area contributed by atoms with Crippen LogP contribution in [0, 0.1) is 5.82 Å². The van der Waals surface area contributed by atoms with Crippen LogP contribution in [-0.4, -0.2) is 33.0 Å². The molecule has 2 amide bonds. The molecule has 0 bridgehead atoms. The van der Waals surface area contributed by atoms with Gasteiger partial charge in [-0.2, -0.15) is 5.10 Å². The molecule has 0 atom stereocenters. The fourth-order valence-corrected chi connectivity index (χ4v) is 2.58. The van der Waals surface area contributed by atoms with Crippen LogP contribution >= 0.6 is 0 Å². The molecule has 0 unspecified atom stereocenters. The summed E-state index contributed by atoms with van der Waals surface area (Å²) in [7, 11) is 0. The number of fused-ring (bicyclic) bond motifs is 2. The number of nitrogens with one attached hydrogen (secondary N) is 1. The number of nitrogens with zero attached hydrogens (tertiary/aromatic N) is 4. The maximum Gasteiger partial charge on any atom is 0.277 e. The Labute approximate surface area is 129 Å². The standard InChI is InChI=1S/C15H10FN5O2/c16-9-1-2-11-10(7-9)19-14(22)8-20(11)15(23)12-3-5-17-13-4-6-18-21(12)13/h1-7H,8H2,(H,19,22). The summed E-state index contributed by atoms with van der Waals surface area (Å²) in [6, 6.07) is 7.08. The van der Waals surface area contributed by atoms with Crippen LogP contribution in [0.25, 0.3) is 5.65 Å². The molecule has 3 aromatic rings. The Balaban J connectivity index is 1.83. The van der Waals surface area contributed by atoms with Crippen molar-refractivity contribution in [2.45, 2.75) is 0 Å². The van der Waals surface area contributed by atoms with Crippen molar-refractivity contribution >= 4 is 28.8 Å². The summed E-state index contributed by atoms with van der Waals surface area (Å²) >= 11 is 0. The van der Waals surface area contributed by atoms with Crippen LogP contribution in [-0.2, 0) is 4.79 Å². The van der Waals surface area contributed by atoms with Gasteiger partial charge in [0, 0.05) is 12.3 Å². The molecule has 4 rings (SSSR count). The average molecular weight is 311 g/mol. The van der Waals surface area contributed by atoms with Crippen molar-refractivity contribution in [2.75, 3.05) is 16.8 Å². The van der Waals surface area contributed by atoms with Crippen molar-refractivity contribution in [1.82, 2.24) is 14.6 Å². The normalized spacial score (nSPS) is 13.8. The first-order valence-corrected chi connectivity index (χ1v) is 6.83. The number of anilines is 2. The van der Waals surface area contributed by atoms with E-state index in [1.165, 1.54) is 46.1 Å². The summed E-state index contributed by atoms with van der Waals surface area (Å²) in [6.45, 7) is -0.150. The van der Waals surface area contributed by atoms with Gasteiger partial charge in [0.05, 0.1) is 17.6 Å². The third-order valence-corrected chi connectivity index (χ3v) is 3.58. The zero-order chi connectivity index (χ0) is 16.0. The van der Waals surface area contributed by atoms with Crippen LogP contribution in [0.3, 0.4) is 0 Å². The molecule has 7 nitrogen and oxygen atoms in total. The molecule has 3 heterocycles. The number of carbonyl (C=O) groups is 2. The fourth-order valence-electron chi connectivity index (χ4n) is 2.58. The van der Waals surface area contributed by atoms with Crippen LogP contribution in [0.1, 0.15) is 10.5 Å². The van der Waals surface area contributed by atoms with Gasteiger partial charge in [-0.25, -0.2) is 13.9 Å². The van der Waals surface area contributed by atoms with Crippen molar-refractivity contribution in [3.63, 3.8) is 0 Å². The van der Waals surface area contributed by atoms with E-state index in [-0.39, 0.29) is 23.8 Å². The van der Waals surface area contributed by atoms with Crippen LogP contribution in [0.5, 0.6) is 0 Å². The Morgan fingerprint density at radius 2 is 2.09 bits per heavy atom. The van der Waals surface area contributed by atoms with Crippen LogP contribution < -0.4 is 10.2 Å². The molecule has 1 aliphatic rings. The van der Waals surface area contributed by atoms with E-state index >= 15 is 0 Å². The van der Waals surface area contributed by atoms with E-state index in [0.717, 1.165) is 0 Å². The summed E-state index contributed by atoms with van der Waals surface area (Å²) in [6.07, 6.45) is 3.03. The van der Waals surface area contributed by atoms with E-state index in [9.17, 15) is 14.0 Å². The van der Waals surface area contributed by atoms with Crippen LogP contribution in [0.4, 0.5) is 15.8 Å². The lowest BCUT2D eigenvalue weighted by atomic mass is 10.1. The highest BCUT2D eigenvalue weighted by Gasteiger charge is 2.29. The Kier molecular flexibility index (Phi) is 2.83. The smallest absolute Gasteiger partial charge is 0.277 e. The first-order valence-electron chi connectivity index (χ1n) is 6.83. The van der Waals surface area contributed by atoms with Gasteiger partial charge in [-0.15, -0.1) is 0 Å². The van der Waals surface area contributed by atoms with Crippen molar-refractivity contribution in [3.05, 3.63) is 54.2 Å². The molecule has 1 N–H and O–H groups in total. The first-order chi connectivity index (χ1) is 11.1. The Morgan fingerprint density at radius 3 is 2.96 bits per heavy atom. The van der Waals surface area contributed by atoms with Gasteiger partial charge in [-0.3, -0.25) is 14.5 Å². The number of benzene rings is 1. The van der Waals surface area contributed by atoms with E-state index in [4.69, 9.17) is 0 Å². The summed E-state index contributed by atoms with van der Waals surface area (Å²) in [5.74, 6) is -1.29. The molecular formula is C15H10FN5O2. The minimum atomic E-state index is -0.489. The van der Waals surface area contributed by atoms with E-state index in [1.54, 1.807) is 6.07 Å². The summed E-state index contributed by atoms with van der Waals surface area (Å²) in [5, 5.41) is 6.63. The average Bonchev–Trinajstić information content (AvgIpc) is 3.01. The molecule has 1 aliphatic heterocycles. The van der Waals surface area contributed by atoms with Crippen LogP contribution in [0.15, 0.2) is 42.7 Å². The number of hydrogen-bond donors (Lipinski definition) is 1. The Morgan fingerprint density at radius 1 is 1.22 bits per heavy atom. The molecule has 0 spiro atoms. The van der Waals surface area contributed by atoms with E-state index < -0.39 is 11.7 Å². The molecule has 114 valence electrons. The van der Waals surface area contributed by atoms with Gasteiger partial charge < -0.3 is 5.32 Å². The lowest BCUT2D eigenvalue weighted by Crippen LogP contribution is -2.42. The summed E-state index contributed by atoms with van der Waals surface area (Å²) in [4.78, 5) is 30.1. The largest absolute Gasteiger partial charge is 0.323 e. The molecular weight excluding hydrogens is 301 g/mol. The molecule has 23 heavy (non-hydrogen) atoms. The van der Waals surface area contributed by atoms with Crippen molar-refractivity contribution in [2.24, 2.45) is 0 Å². The molecule has 8 heteroatoms. The van der Waals surface area contributed by atoms with Gasteiger partial charge in [-0.1, -0.05) is 0 Å². The summed E-state index contributed by atoms with van der Waals surface area (Å²) < 4.78 is 14.8. The number of amides is 2. The maximum atomic E-state index is 13.4. The molecule has 0 aliphatic carbocycles. The van der Waals surface area contributed by atoms with Crippen molar-refractivity contribution in [3.8, 4) is 0 Å². The van der Waals surface area contributed by atoms with Crippen LogP contribution in [0.2, 0.25) is 0 Å². The van der Waals surface area contributed by atoms with E-state index in [1.807, 2.05) is 0 Å². The lowest BCUT2D eigenvalue weighted by molar-refractivity contribution is -0.115. The molecule has 0 fully saturated rings. The minimum Gasteiger partial charge on any atom is -0.323 e. The predicted octanol–water partition coefficient (Wildman–Crippen LogP) is 1.47. The number of aromatic nitrogens is 3. The van der Waals surface area contributed by atoms with Gasteiger partial charge in [0.15, 0.2) is 5.65 Å². The molecule has 2 aromatic heterocycles. The topological polar surface area (TPSA) is 79.6 Å².